The molecule has 0 amide bonds. The standard InChI is InChI=1S/C25H46O6S10/c26-7-1-10-38-23(28)4-12-33-20-32-9-3-18-41(31)19-17-37-22-36-15-16-40-25(30)6-14-35-21-34-13-5-24(29)39-11-2-8-27/h26-27H,1-22H2. The van der Waals surface area contributed by atoms with Gasteiger partial charge in [0.15, 0.2) is 15.3 Å². The minimum absolute atomic E-state index is 0.133. The number of aliphatic hydroxyl groups excluding tert-OH is 2. The molecule has 0 aromatic heterocycles. The van der Waals surface area contributed by atoms with E-state index in [1.54, 1.807) is 35.3 Å². The normalized spacial score (nSPS) is 12.1. The van der Waals surface area contributed by atoms with E-state index in [9.17, 15) is 18.9 Å². The molecule has 1 atom stereocenters. The number of rotatable bonds is 31. The van der Waals surface area contributed by atoms with Crippen molar-refractivity contribution in [2.24, 2.45) is 0 Å². The predicted molar refractivity (Wildman–Crippen MR) is 201 cm³/mol. The molecule has 0 aliphatic rings. The molecule has 1 unspecified atom stereocenters. The second-order valence-corrected chi connectivity index (χ2v) is 21.0. The Hall–Kier alpha value is 2.39. The van der Waals surface area contributed by atoms with Gasteiger partial charge in [0.25, 0.3) is 0 Å². The number of hydrogen-bond donors (Lipinski definition) is 2. The van der Waals surface area contributed by atoms with Crippen LogP contribution in [0.5, 0.6) is 0 Å². The van der Waals surface area contributed by atoms with Crippen LogP contribution >= 0.6 is 106 Å². The first kappa shape index (κ1) is 43.4. The molecular formula is C25H46O6S10. The fraction of sp³-hybridized carbons (Fsp3) is 0.880. The Morgan fingerprint density at radius 2 is 0.902 bits per heavy atom. The van der Waals surface area contributed by atoms with E-state index >= 15 is 0 Å². The number of thioether (sulfide) groups is 9. The van der Waals surface area contributed by atoms with Crippen molar-refractivity contribution in [2.75, 3.05) is 91.7 Å². The highest BCUT2D eigenvalue weighted by atomic mass is 32.2. The highest BCUT2D eigenvalue weighted by molar-refractivity contribution is 8.18. The Balaban J connectivity index is 3.34. The lowest BCUT2D eigenvalue weighted by Crippen LogP contribution is -2.13. The molecule has 41 heavy (non-hydrogen) atoms. The summed E-state index contributed by atoms with van der Waals surface area (Å²) in [5.41, 5.74) is 0. The van der Waals surface area contributed by atoms with Crippen molar-refractivity contribution in [1.29, 1.82) is 0 Å². The summed E-state index contributed by atoms with van der Waals surface area (Å²) in [5, 5.41) is 20.9. The van der Waals surface area contributed by atoms with E-state index < -0.39 is 11.2 Å². The molecule has 16 heteroatoms. The first-order valence-electron chi connectivity index (χ1n) is 13.5. The Morgan fingerprint density at radius 3 is 1.39 bits per heavy atom. The molecule has 2 N–H and O–H groups in total. The molecule has 242 valence electrons. The van der Waals surface area contributed by atoms with Crippen LogP contribution in [0.2, 0.25) is 0 Å². The van der Waals surface area contributed by atoms with Crippen LogP contribution in [0.15, 0.2) is 0 Å². The van der Waals surface area contributed by atoms with Gasteiger partial charge in [0.05, 0.1) is 0 Å². The van der Waals surface area contributed by atoms with Gasteiger partial charge in [0, 0.05) is 100 Å². The zero-order valence-electron chi connectivity index (χ0n) is 23.7. The molecule has 0 heterocycles. The molecule has 0 aliphatic carbocycles. The second kappa shape index (κ2) is 35.2. The highest BCUT2D eigenvalue weighted by Gasteiger charge is 2.08. The third-order valence-corrected chi connectivity index (χ3v) is 16.5. The molecule has 6 nitrogen and oxygen atoms in total. The van der Waals surface area contributed by atoms with Crippen molar-refractivity contribution in [1.82, 2.24) is 0 Å². The van der Waals surface area contributed by atoms with Gasteiger partial charge in [-0.05, 0) is 18.6 Å². The van der Waals surface area contributed by atoms with Gasteiger partial charge in [-0.1, -0.05) is 46.5 Å². The van der Waals surface area contributed by atoms with Gasteiger partial charge >= 0.3 is 0 Å². The summed E-state index contributed by atoms with van der Waals surface area (Å²) in [5.74, 6) is 9.06. The molecule has 0 aliphatic heterocycles. The number of aliphatic hydroxyl groups is 2. The van der Waals surface area contributed by atoms with Gasteiger partial charge in [-0.3, -0.25) is 14.4 Å². The zero-order chi connectivity index (χ0) is 30.2. The lowest BCUT2D eigenvalue weighted by atomic mass is 10.5. The first-order valence-corrected chi connectivity index (χ1v) is 24.9. The molecular weight excluding hydrogens is 717 g/mol. The molecule has 0 aromatic carbocycles. The molecule has 0 aromatic rings. The Kier molecular flexibility index (Phi) is 37.3. The van der Waals surface area contributed by atoms with Gasteiger partial charge in [-0.2, -0.15) is 58.8 Å². The van der Waals surface area contributed by atoms with E-state index in [-0.39, 0.29) is 28.6 Å². The summed E-state index contributed by atoms with van der Waals surface area (Å²) in [6.07, 6.45) is 4.02. The smallest absolute Gasteiger partial charge is 0.189 e. The molecule has 0 saturated heterocycles. The zero-order valence-corrected chi connectivity index (χ0v) is 31.8. The van der Waals surface area contributed by atoms with E-state index in [1.165, 1.54) is 35.3 Å². The van der Waals surface area contributed by atoms with E-state index in [0.717, 1.165) is 73.5 Å². The summed E-state index contributed by atoms with van der Waals surface area (Å²) in [7, 11) is 0. The topological polar surface area (TPSA) is 115 Å². The van der Waals surface area contributed by atoms with Crippen LogP contribution in [0, 0.1) is 0 Å². The Bertz CT molecular complexity index is 636. The SMILES string of the molecule is O=C(CCSCSCCC[S+]([O-])CCSCSCCSC(=O)CCSCSCCC(=O)SCCCO)SCCCO. The fourth-order valence-corrected chi connectivity index (χ4v) is 13.3. The number of carbonyl (C=O) groups is 3. The summed E-state index contributed by atoms with van der Waals surface area (Å²) in [4.78, 5) is 35.2. The minimum Gasteiger partial charge on any atom is -0.616 e. The highest BCUT2D eigenvalue weighted by Crippen LogP contribution is 2.20. The van der Waals surface area contributed by atoms with Crippen molar-refractivity contribution in [3.63, 3.8) is 0 Å². The van der Waals surface area contributed by atoms with E-state index in [0.29, 0.717) is 43.6 Å². The molecule has 0 radical (unpaired) electrons. The van der Waals surface area contributed by atoms with Crippen molar-refractivity contribution >= 4 is 132 Å². The maximum atomic E-state index is 12.2. The first-order chi connectivity index (χ1) is 20.0. The lowest BCUT2D eigenvalue weighted by molar-refractivity contribution is -0.111. The third kappa shape index (κ3) is 35.1. The van der Waals surface area contributed by atoms with Gasteiger partial charge in [0.1, 0.15) is 11.5 Å². The van der Waals surface area contributed by atoms with Gasteiger partial charge in [-0.25, -0.2) is 0 Å². The molecule has 0 spiro atoms. The van der Waals surface area contributed by atoms with Crippen LogP contribution in [0.3, 0.4) is 0 Å². The largest absolute Gasteiger partial charge is 0.616 e. The van der Waals surface area contributed by atoms with Gasteiger partial charge in [-0.15, -0.1) is 11.8 Å². The monoisotopic (exact) mass is 762 g/mol. The molecule has 0 bridgehead atoms. The van der Waals surface area contributed by atoms with Crippen molar-refractivity contribution in [3.8, 4) is 0 Å². The van der Waals surface area contributed by atoms with Crippen LogP contribution < -0.4 is 0 Å². The quantitative estimate of drug-likeness (QED) is 0.0481. The second-order valence-electron chi connectivity index (χ2n) is 8.07. The molecule has 0 fully saturated rings. The lowest BCUT2D eigenvalue weighted by Gasteiger charge is -2.10. The Morgan fingerprint density at radius 1 is 0.488 bits per heavy atom. The van der Waals surface area contributed by atoms with Crippen LogP contribution in [-0.4, -0.2) is 122 Å². The maximum absolute atomic E-state index is 12.2. The predicted octanol–water partition coefficient (Wildman–Crippen LogP) is 6.11. The maximum Gasteiger partial charge on any atom is 0.189 e. The van der Waals surface area contributed by atoms with Crippen LogP contribution in [-0.2, 0) is 25.6 Å². The summed E-state index contributed by atoms with van der Waals surface area (Å²) in [6.45, 7) is 0.274. The Labute approximate surface area is 289 Å². The van der Waals surface area contributed by atoms with Gasteiger partial charge < -0.3 is 14.8 Å². The van der Waals surface area contributed by atoms with Crippen molar-refractivity contribution < 1.29 is 29.1 Å². The third-order valence-electron chi connectivity index (χ3n) is 4.59. The van der Waals surface area contributed by atoms with Crippen LogP contribution in [0.4, 0.5) is 0 Å². The number of carbonyl (C=O) groups excluding carboxylic acids is 3. The molecule has 0 saturated carbocycles. The van der Waals surface area contributed by atoms with Crippen molar-refractivity contribution in [2.45, 2.75) is 38.5 Å². The van der Waals surface area contributed by atoms with Gasteiger partial charge in [0.2, 0.25) is 0 Å². The van der Waals surface area contributed by atoms with E-state index in [4.69, 9.17) is 10.2 Å². The minimum atomic E-state index is -0.756. The van der Waals surface area contributed by atoms with Crippen molar-refractivity contribution in [3.05, 3.63) is 0 Å². The summed E-state index contributed by atoms with van der Waals surface area (Å²) < 4.78 is 12.2. The average Bonchev–Trinajstić information content (AvgIpc) is 2.95. The molecule has 0 rings (SSSR count). The summed E-state index contributed by atoms with van der Waals surface area (Å²) >= 11 is 14.0. The fourth-order valence-electron chi connectivity index (χ4n) is 2.50. The van der Waals surface area contributed by atoms with E-state index in [1.807, 2.05) is 35.3 Å². The van der Waals surface area contributed by atoms with Crippen LogP contribution in [0.1, 0.15) is 38.5 Å². The van der Waals surface area contributed by atoms with Crippen LogP contribution in [0.25, 0.3) is 0 Å². The van der Waals surface area contributed by atoms with E-state index in [2.05, 4.69) is 0 Å². The summed E-state index contributed by atoms with van der Waals surface area (Å²) in [6, 6.07) is 0. The number of hydrogen-bond acceptors (Lipinski definition) is 15. The average molecular weight is 763 g/mol.